The molecule has 2 amide bonds. The third kappa shape index (κ3) is 6.29. The van der Waals surface area contributed by atoms with E-state index in [4.69, 9.17) is 31.9 Å². The Kier molecular flexibility index (Phi) is 7.55. The average Bonchev–Trinajstić information content (AvgIpc) is 2.60. The molecule has 1 aromatic rings. The highest BCUT2D eigenvalue weighted by Crippen LogP contribution is 2.14. The topological polar surface area (TPSA) is 285 Å². The van der Waals surface area contributed by atoms with E-state index in [2.05, 4.69) is 9.97 Å². The van der Waals surface area contributed by atoms with E-state index >= 15 is 0 Å². The predicted molar refractivity (Wildman–Crippen MR) is 93.1 cm³/mol. The van der Waals surface area contributed by atoms with Crippen molar-refractivity contribution in [2.75, 3.05) is 11.5 Å². The van der Waals surface area contributed by atoms with Gasteiger partial charge in [0.1, 0.15) is 12.1 Å². The fourth-order valence-corrected chi connectivity index (χ4v) is 2.00. The summed E-state index contributed by atoms with van der Waals surface area (Å²) in [5.74, 6) is -10.2. The molecule has 162 valence electrons. The third-order valence-corrected chi connectivity index (χ3v) is 3.34. The van der Waals surface area contributed by atoms with Crippen molar-refractivity contribution in [1.29, 1.82) is 0 Å². The molecule has 0 aromatic carbocycles. The molecule has 0 spiro atoms. The van der Waals surface area contributed by atoms with Crippen molar-refractivity contribution >= 4 is 47.3 Å². The summed E-state index contributed by atoms with van der Waals surface area (Å²) in [7, 11) is 0. The van der Waals surface area contributed by atoms with E-state index in [1.54, 1.807) is 0 Å². The molecule has 16 nitrogen and oxygen atoms in total. The zero-order valence-corrected chi connectivity index (χ0v) is 14.9. The number of carboxylic acids is 4. The molecule has 10 N–H and O–H groups in total. The standard InChI is InChI=1S/C14H16N6O10/c15-9-7(11(25)17-3(13(27)28)1-5(21)22)19-10(16)8(20-9)12(26)18-4(14(29)30)2-6(23)24/h3-4H,1-2H2,(H2,16,19)(H2,15,20)(H,17,25)(H,18,26)(H,21,22)(H,23,24)(H,27,28)(H,29,30). The lowest BCUT2D eigenvalue weighted by atomic mass is 10.2. The fraction of sp³-hybridized carbons (Fsp3) is 0.286. The Bertz CT molecular complexity index is 843. The quantitative estimate of drug-likeness (QED) is 0.184. The second-order valence-corrected chi connectivity index (χ2v) is 5.62. The van der Waals surface area contributed by atoms with E-state index in [1.807, 2.05) is 10.6 Å². The van der Waals surface area contributed by atoms with Crippen molar-refractivity contribution in [3.8, 4) is 0 Å². The van der Waals surface area contributed by atoms with E-state index in [0.29, 0.717) is 0 Å². The zero-order chi connectivity index (χ0) is 23.2. The summed E-state index contributed by atoms with van der Waals surface area (Å²) in [6, 6.07) is -3.65. The molecule has 0 radical (unpaired) electrons. The smallest absolute Gasteiger partial charge is 0.326 e. The number of nitrogens with two attached hydrogens (primary N) is 2. The van der Waals surface area contributed by atoms with Crippen LogP contribution in [0.1, 0.15) is 33.8 Å². The molecule has 1 rings (SSSR count). The number of carbonyl (C=O) groups excluding carboxylic acids is 2. The molecule has 0 bridgehead atoms. The lowest BCUT2D eigenvalue weighted by molar-refractivity contribution is -0.145. The Labute approximate surface area is 165 Å². The Morgan fingerprint density at radius 2 is 1.00 bits per heavy atom. The molecule has 0 saturated carbocycles. The second kappa shape index (κ2) is 9.62. The summed E-state index contributed by atoms with van der Waals surface area (Å²) in [6.45, 7) is 0. The number of carbonyl (C=O) groups is 6. The van der Waals surface area contributed by atoms with Crippen molar-refractivity contribution in [2.45, 2.75) is 24.9 Å². The van der Waals surface area contributed by atoms with Crippen LogP contribution in [0.4, 0.5) is 11.6 Å². The van der Waals surface area contributed by atoms with Crippen LogP contribution in [0.15, 0.2) is 0 Å². The van der Waals surface area contributed by atoms with E-state index in [1.165, 1.54) is 0 Å². The van der Waals surface area contributed by atoms with Gasteiger partial charge in [-0.1, -0.05) is 0 Å². The first-order chi connectivity index (χ1) is 13.8. The lowest BCUT2D eigenvalue weighted by Crippen LogP contribution is -2.44. The summed E-state index contributed by atoms with van der Waals surface area (Å²) in [5.41, 5.74) is 9.58. The van der Waals surface area contributed by atoms with Crippen LogP contribution in [0.2, 0.25) is 0 Å². The van der Waals surface area contributed by atoms with Crippen LogP contribution in [0.25, 0.3) is 0 Å². The first-order valence-corrected chi connectivity index (χ1v) is 7.77. The van der Waals surface area contributed by atoms with Gasteiger partial charge < -0.3 is 42.5 Å². The maximum absolute atomic E-state index is 12.1. The minimum Gasteiger partial charge on any atom is -0.481 e. The molecule has 0 fully saturated rings. The van der Waals surface area contributed by atoms with Crippen molar-refractivity contribution in [3.63, 3.8) is 0 Å². The number of anilines is 2. The molecular formula is C14H16N6O10. The number of nitrogen functional groups attached to an aromatic ring is 2. The number of amides is 2. The molecule has 0 aliphatic rings. The van der Waals surface area contributed by atoms with E-state index in [9.17, 15) is 28.8 Å². The third-order valence-electron chi connectivity index (χ3n) is 3.34. The molecule has 1 aromatic heterocycles. The first kappa shape index (κ1) is 23.5. The Morgan fingerprint density at radius 3 is 1.23 bits per heavy atom. The largest absolute Gasteiger partial charge is 0.481 e. The number of aliphatic carboxylic acids is 4. The monoisotopic (exact) mass is 428 g/mol. The fourth-order valence-electron chi connectivity index (χ4n) is 2.00. The summed E-state index contributed by atoms with van der Waals surface area (Å²) < 4.78 is 0. The van der Waals surface area contributed by atoms with Gasteiger partial charge in [-0.25, -0.2) is 19.6 Å². The molecule has 0 aliphatic heterocycles. The van der Waals surface area contributed by atoms with Crippen molar-refractivity contribution < 1.29 is 49.2 Å². The summed E-state index contributed by atoms with van der Waals surface area (Å²) in [6.07, 6.45) is -1.91. The molecule has 1 heterocycles. The van der Waals surface area contributed by atoms with Crippen molar-refractivity contribution in [2.24, 2.45) is 0 Å². The number of hydrogen-bond acceptors (Lipinski definition) is 10. The number of rotatable bonds is 10. The van der Waals surface area contributed by atoms with Crippen molar-refractivity contribution in [1.82, 2.24) is 20.6 Å². The summed E-state index contributed by atoms with van der Waals surface area (Å²) >= 11 is 0. The predicted octanol–water partition coefficient (Wildman–Crippen LogP) is -3.04. The highest BCUT2D eigenvalue weighted by molar-refractivity contribution is 6.03. The minimum absolute atomic E-state index is 0.712. The van der Waals surface area contributed by atoms with Gasteiger partial charge in [-0.15, -0.1) is 0 Å². The van der Waals surface area contributed by atoms with Crippen LogP contribution < -0.4 is 22.1 Å². The van der Waals surface area contributed by atoms with Crippen LogP contribution in [0.3, 0.4) is 0 Å². The average molecular weight is 428 g/mol. The number of aromatic nitrogens is 2. The molecule has 30 heavy (non-hydrogen) atoms. The number of nitrogens with zero attached hydrogens (tertiary/aromatic N) is 2. The zero-order valence-electron chi connectivity index (χ0n) is 14.9. The normalized spacial score (nSPS) is 12.3. The lowest BCUT2D eigenvalue weighted by Gasteiger charge is -2.15. The first-order valence-electron chi connectivity index (χ1n) is 7.77. The summed E-state index contributed by atoms with van der Waals surface area (Å²) in [4.78, 5) is 74.7. The second-order valence-electron chi connectivity index (χ2n) is 5.62. The van der Waals surface area contributed by atoms with Crippen LogP contribution in [-0.4, -0.2) is 78.2 Å². The SMILES string of the molecule is Nc1nc(C(=O)NC(CC(=O)O)C(=O)O)c(N)nc1C(=O)NC(CC(=O)O)C(=O)O. The molecule has 0 saturated heterocycles. The van der Waals surface area contributed by atoms with Gasteiger partial charge >= 0.3 is 23.9 Å². The number of carboxylic acid groups (broad SMARTS) is 4. The van der Waals surface area contributed by atoms with Crippen LogP contribution in [-0.2, 0) is 19.2 Å². The van der Waals surface area contributed by atoms with E-state index < -0.39 is 83.6 Å². The maximum atomic E-state index is 12.1. The Morgan fingerprint density at radius 1 is 0.700 bits per heavy atom. The molecule has 2 atom stereocenters. The van der Waals surface area contributed by atoms with Gasteiger partial charge in [-0.05, 0) is 0 Å². The van der Waals surface area contributed by atoms with Gasteiger partial charge in [0.05, 0.1) is 12.8 Å². The van der Waals surface area contributed by atoms with Gasteiger partial charge in [0.25, 0.3) is 11.8 Å². The van der Waals surface area contributed by atoms with Gasteiger partial charge in [0, 0.05) is 0 Å². The molecule has 16 heteroatoms. The van der Waals surface area contributed by atoms with Gasteiger partial charge in [0.2, 0.25) is 0 Å². The minimum atomic E-state index is -1.83. The Hall–Kier alpha value is -4.50. The van der Waals surface area contributed by atoms with Gasteiger partial charge in [0.15, 0.2) is 23.0 Å². The van der Waals surface area contributed by atoms with E-state index in [0.717, 1.165) is 0 Å². The van der Waals surface area contributed by atoms with Crippen LogP contribution >= 0.6 is 0 Å². The highest BCUT2D eigenvalue weighted by Gasteiger charge is 2.29. The summed E-state index contributed by atoms with van der Waals surface area (Å²) in [5, 5.41) is 38.9. The van der Waals surface area contributed by atoms with Gasteiger partial charge in [-0.3, -0.25) is 19.2 Å². The number of nitrogens with one attached hydrogen (secondary N) is 2. The molecule has 2 unspecified atom stereocenters. The Balaban J connectivity index is 3.10. The van der Waals surface area contributed by atoms with E-state index in [-0.39, 0.29) is 0 Å². The highest BCUT2D eigenvalue weighted by atomic mass is 16.4. The number of hydrogen-bond donors (Lipinski definition) is 8. The van der Waals surface area contributed by atoms with Crippen LogP contribution in [0, 0.1) is 0 Å². The van der Waals surface area contributed by atoms with Gasteiger partial charge in [-0.2, -0.15) is 0 Å². The molecular weight excluding hydrogens is 412 g/mol. The van der Waals surface area contributed by atoms with Crippen LogP contribution in [0.5, 0.6) is 0 Å². The maximum Gasteiger partial charge on any atom is 0.326 e. The van der Waals surface area contributed by atoms with Crippen molar-refractivity contribution in [3.05, 3.63) is 11.4 Å². The molecule has 0 aliphatic carbocycles.